The van der Waals surface area contributed by atoms with Crippen molar-refractivity contribution in [3.8, 4) is 0 Å². The summed E-state index contributed by atoms with van der Waals surface area (Å²) in [7, 11) is 0. The number of halogens is 3. The standard InChI is InChI=1S/C13H14F3N3/c14-13(15,16)10-19-7-6-12(18-19)9-17-8-11-4-2-1-3-5-11/h1-7,17H,8-10H2. The van der Waals surface area contributed by atoms with Gasteiger partial charge in [0.05, 0.1) is 5.69 Å². The van der Waals surface area contributed by atoms with E-state index in [2.05, 4.69) is 10.4 Å². The lowest BCUT2D eigenvalue weighted by Gasteiger charge is -2.05. The summed E-state index contributed by atoms with van der Waals surface area (Å²) in [4.78, 5) is 0. The molecule has 0 atom stereocenters. The molecule has 0 bridgehead atoms. The SMILES string of the molecule is FC(F)(F)Cn1ccc(CNCc2ccccc2)n1. The number of aromatic nitrogens is 2. The van der Waals surface area contributed by atoms with Crippen LogP contribution in [-0.2, 0) is 19.6 Å². The Labute approximate surface area is 109 Å². The molecule has 0 amide bonds. The molecule has 0 fully saturated rings. The second-order valence-corrected chi connectivity index (χ2v) is 4.21. The molecule has 1 heterocycles. The van der Waals surface area contributed by atoms with Gasteiger partial charge in [0, 0.05) is 19.3 Å². The Morgan fingerprint density at radius 3 is 2.47 bits per heavy atom. The van der Waals surface area contributed by atoms with Gasteiger partial charge in [-0.2, -0.15) is 18.3 Å². The molecule has 6 heteroatoms. The van der Waals surface area contributed by atoms with Crippen molar-refractivity contribution < 1.29 is 13.2 Å². The Hall–Kier alpha value is -1.82. The van der Waals surface area contributed by atoms with Crippen molar-refractivity contribution in [2.75, 3.05) is 0 Å². The molecule has 0 aliphatic carbocycles. The number of nitrogens with one attached hydrogen (secondary N) is 1. The zero-order chi connectivity index (χ0) is 13.7. The molecule has 2 rings (SSSR count). The molecule has 0 radical (unpaired) electrons. The molecular weight excluding hydrogens is 255 g/mol. The van der Waals surface area contributed by atoms with E-state index in [1.54, 1.807) is 6.07 Å². The van der Waals surface area contributed by atoms with Crippen LogP contribution in [0.5, 0.6) is 0 Å². The average molecular weight is 269 g/mol. The molecule has 0 aliphatic rings. The Bertz CT molecular complexity index is 505. The fraction of sp³-hybridized carbons (Fsp3) is 0.308. The highest BCUT2D eigenvalue weighted by Gasteiger charge is 2.28. The van der Waals surface area contributed by atoms with Crippen molar-refractivity contribution in [1.29, 1.82) is 0 Å². The summed E-state index contributed by atoms with van der Waals surface area (Å²) in [6.07, 6.45) is -2.90. The summed E-state index contributed by atoms with van der Waals surface area (Å²) in [5, 5.41) is 7.00. The van der Waals surface area contributed by atoms with Gasteiger partial charge in [0.2, 0.25) is 0 Å². The van der Waals surface area contributed by atoms with E-state index in [-0.39, 0.29) is 0 Å². The molecular formula is C13H14F3N3. The Morgan fingerprint density at radius 1 is 1.05 bits per heavy atom. The quantitative estimate of drug-likeness (QED) is 0.904. The summed E-state index contributed by atoms with van der Waals surface area (Å²) in [6.45, 7) is 0.0540. The first-order valence-corrected chi connectivity index (χ1v) is 5.87. The minimum Gasteiger partial charge on any atom is -0.307 e. The fourth-order valence-corrected chi connectivity index (χ4v) is 1.70. The highest BCUT2D eigenvalue weighted by Crippen LogP contribution is 2.16. The summed E-state index contributed by atoms with van der Waals surface area (Å²) in [5.41, 5.74) is 1.72. The van der Waals surface area contributed by atoms with Crippen molar-refractivity contribution in [3.63, 3.8) is 0 Å². The van der Waals surface area contributed by atoms with Gasteiger partial charge >= 0.3 is 6.18 Å². The van der Waals surface area contributed by atoms with Gasteiger partial charge in [-0.05, 0) is 11.6 Å². The molecule has 0 spiro atoms. The maximum atomic E-state index is 12.1. The second kappa shape index (κ2) is 5.88. The molecule has 102 valence electrons. The van der Waals surface area contributed by atoms with Gasteiger partial charge in [-0.1, -0.05) is 30.3 Å². The molecule has 19 heavy (non-hydrogen) atoms. The van der Waals surface area contributed by atoms with E-state index >= 15 is 0 Å². The molecule has 0 unspecified atom stereocenters. The smallest absolute Gasteiger partial charge is 0.307 e. The maximum absolute atomic E-state index is 12.1. The van der Waals surface area contributed by atoms with Gasteiger partial charge in [-0.3, -0.25) is 4.68 Å². The third-order valence-corrected chi connectivity index (χ3v) is 2.52. The van der Waals surface area contributed by atoms with Crippen molar-refractivity contribution in [2.24, 2.45) is 0 Å². The van der Waals surface area contributed by atoms with Crippen molar-refractivity contribution in [2.45, 2.75) is 25.8 Å². The molecule has 1 aromatic carbocycles. The van der Waals surface area contributed by atoms with Gasteiger partial charge in [0.25, 0.3) is 0 Å². The van der Waals surface area contributed by atoms with Crippen LogP contribution in [0.15, 0.2) is 42.6 Å². The van der Waals surface area contributed by atoms with Crippen molar-refractivity contribution in [3.05, 3.63) is 53.9 Å². The van der Waals surface area contributed by atoms with Crippen LogP contribution in [0.1, 0.15) is 11.3 Å². The van der Waals surface area contributed by atoms with Crippen LogP contribution in [0.25, 0.3) is 0 Å². The molecule has 0 saturated heterocycles. The van der Waals surface area contributed by atoms with Gasteiger partial charge in [0.15, 0.2) is 0 Å². The first kappa shape index (κ1) is 13.6. The van der Waals surface area contributed by atoms with Crippen LogP contribution < -0.4 is 5.32 Å². The van der Waals surface area contributed by atoms with E-state index in [4.69, 9.17) is 0 Å². The largest absolute Gasteiger partial charge is 0.408 e. The number of nitrogens with zero attached hydrogens (tertiary/aromatic N) is 2. The normalized spacial score (nSPS) is 11.7. The predicted octanol–water partition coefficient (Wildman–Crippen LogP) is 2.74. The van der Waals surface area contributed by atoms with Crippen LogP contribution in [-0.4, -0.2) is 16.0 Å². The van der Waals surface area contributed by atoms with Crippen LogP contribution in [0.3, 0.4) is 0 Å². The zero-order valence-corrected chi connectivity index (χ0v) is 10.2. The number of rotatable bonds is 5. The highest BCUT2D eigenvalue weighted by molar-refractivity contribution is 5.14. The summed E-state index contributed by atoms with van der Waals surface area (Å²) in [6, 6.07) is 11.4. The van der Waals surface area contributed by atoms with Crippen LogP contribution >= 0.6 is 0 Å². The predicted molar refractivity (Wildman–Crippen MR) is 65.3 cm³/mol. The molecule has 2 aromatic rings. The Kier molecular flexibility index (Phi) is 4.21. The van der Waals surface area contributed by atoms with Gasteiger partial charge in [-0.25, -0.2) is 0 Å². The molecule has 1 aromatic heterocycles. The first-order valence-electron chi connectivity index (χ1n) is 5.87. The van der Waals surface area contributed by atoms with E-state index in [0.29, 0.717) is 18.8 Å². The number of hydrogen-bond acceptors (Lipinski definition) is 2. The van der Waals surface area contributed by atoms with Crippen LogP contribution in [0, 0.1) is 0 Å². The third kappa shape index (κ3) is 4.75. The zero-order valence-electron chi connectivity index (χ0n) is 10.2. The van der Waals surface area contributed by atoms with Gasteiger partial charge in [0.1, 0.15) is 6.54 Å². The maximum Gasteiger partial charge on any atom is 0.408 e. The molecule has 0 saturated carbocycles. The highest BCUT2D eigenvalue weighted by atomic mass is 19.4. The van der Waals surface area contributed by atoms with Crippen molar-refractivity contribution in [1.82, 2.24) is 15.1 Å². The van der Waals surface area contributed by atoms with Crippen molar-refractivity contribution >= 4 is 0 Å². The van der Waals surface area contributed by atoms with Gasteiger partial charge < -0.3 is 5.32 Å². The Balaban J connectivity index is 1.81. The fourth-order valence-electron chi connectivity index (χ4n) is 1.70. The summed E-state index contributed by atoms with van der Waals surface area (Å²) >= 11 is 0. The number of hydrogen-bond donors (Lipinski definition) is 1. The van der Waals surface area contributed by atoms with E-state index in [0.717, 1.165) is 10.2 Å². The first-order chi connectivity index (χ1) is 9.03. The molecule has 1 N–H and O–H groups in total. The molecule has 0 aliphatic heterocycles. The van der Waals surface area contributed by atoms with E-state index in [1.807, 2.05) is 30.3 Å². The lowest BCUT2D eigenvalue weighted by molar-refractivity contribution is -0.142. The van der Waals surface area contributed by atoms with E-state index < -0.39 is 12.7 Å². The van der Waals surface area contributed by atoms with Gasteiger partial charge in [-0.15, -0.1) is 0 Å². The molecule has 3 nitrogen and oxygen atoms in total. The minimum atomic E-state index is -4.24. The average Bonchev–Trinajstić information content (AvgIpc) is 2.76. The van der Waals surface area contributed by atoms with Crippen LogP contribution in [0.4, 0.5) is 13.2 Å². The lowest BCUT2D eigenvalue weighted by Crippen LogP contribution is -2.19. The van der Waals surface area contributed by atoms with E-state index in [9.17, 15) is 13.2 Å². The number of benzene rings is 1. The third-order valence-electron chi connectivity index (χ3n) is 2.52. The lowest BCUT2D eigenvalue weighted by atomic mass is 10.2. The van der Waals surface area contributed by atoms with Crippen LogP contribution in [0.2, 0.25) is 0 Å². The monoisotopic (exact) mass is 269 g/mol. The number of alkyl halides is 3. The summed E-state index contributed by atoms with van der Waals surface area (Å²) < 4.78 is 37.3. The topological polar surface area (TPSA) is 29.9 Å². The second-order valence-electron chi connectivity index (χ2n) is 4.21. The summed E-state index contributed by atoms with van der Waals surface area (Å²) in [5.74, 6) is 0. The van der Waals surface area contributed by atoms with E-state index in [1.165, 1.54) is 6.20 Å². The Morgan fingerprint density at radius 2 is 1.79 bits per heavy atom. The minimum absolute atomic E-state index is 0.444.